The predicted octanol–water partition coefficient (Wildman–Crippen LogP) is 16.1. The van der Waals surface area contributed by atoms with Gasteiger partial charge in [0, 0.05) is 44.5 Å². The van der Waals surface area contributed by atoms with Gasteiger partial charge in [0.2, 0.25) is 0 Å². The van der Waals surface area contributed by atoms with Crippen LogP contribution in [-0.4, -0.2) is 4.57 Å². The van der Waals surface area contributed by atoms with Gasteiger partial charge in [-0.1, -0.05) is 158 Å². The Kier molecular flexibility index (Phi) is 8.31. The number of hydrogen-bond donors (Lipinski definition) is 0. The van der Waals surface area contributed by atoms with Crippen LogP contribution in [0.1, 0.15) is 18.4 Å². The lowest BCUT2D eigenvalue weighted by molar-refractivity contribution is 0.667. The molecule has 0 unspecified atom stereocenters. The molecule has 0 saturated carbocycles. The van der Waals surface area contributed by atoms with E-state index in [0.29, 0.717) is 0 Å². The fourth-order valence-electron chi connectivity index (χ4n) is 9.54. The Morgan fingerprint density at radius 1 is 0.443 bits per heavy atom. The predicted molar refractivity (Wildman–Crippen MR) is 257 cm³/mol. The first-order chi connectivity index (χ1) is 30.2. The number of furan rings is 1. The summed E-state index contributed by atoms with van der Waals surface area (Å²) in [6, 6.07) is 74.3. The zero-order valence-electron chi connectivity index (χ0n) is 33.5. The largest absolute Gasteiger partial charge is 0.455 e. The van der Waals surface area contributed by atoms with E-state index in [1.54, 1.807) is 0 Å². The van der Waals surface area contributed by atoms with Crippen LogP contribution in [0.15, 0.2) is 229 Å². The van der Waals surface area contributed by atoms with Gasteiger partial charge >= 0.3 is 0 Å². The maximum atomic E-state index is 6.93. The first-order valence-electron chi connectivity index (χ1n) is 21.1. The summed E-state index contributed by atoms with van der Waals surface area (Å²) in [5.74, 6) is 0. The topological polar surface area (TPSA) is 21.3 Å². The van der Waals surface area contributed by atoms with E-state index in [2.05, 4.69) is 228 Å². The van der Waals surface area contributed by atoms with Crippen LogP contribution in [0.4, 0.5) is 11.4 Å². The zero-order valence-corrected chi connectivity index (χ0v) is 33.5. The number of nitrogens with zero attached hydrogens (tertiary/aromatic N) is 2. The number of benzene rings is 9. The Morgan fingerprint density at radius 2 is 1.03 bits per heavy atom. The molecule has 0 saturated heterocycles. The summed E-state index contributed by atoms with van der Waals surface area (Å²) in [4.78, 5) is 2.42. The van der Waals surface area contributed by atoms with Gasteiger partial charge in [-0.05, 0) is 112 Å². The second kappa shape index (κ2) is 14.4. The van der Waals surface area contributed by atoms with E-state index in [1.165, 1.54) is 66.1 Å². The standard InChI is InChI=1S/C58H40N2O/c1-3-13-39(14-4-1)42-23-30-46(31-24-42)59(47-32-25-43(26-33-47)40-15-5-2-6-16-40)48-34-28-44(29-35-48)52-38-53-50-19-9-11-21-54(50)60(49-36-27-41-17-7-8-18-45(41)37-49)57(53)56-51-20-10-12-22-55(51)61-58(52)56/h1-28,30-34,36-38H,29,35H2. The van der Waals surface area contributed by atoms with Gasteiger partial charge in [-0.15, -0.1) is 0 Å². The third kappa shape index (κ3) is 5.97. The van der Waals surface area contributed by atoms with E-state index < -0.39 is 0 Å². The normalized spacial score (nSPS) is 13.0. The number of anilines is 2. The summed E-state index contributed by atoms with van der Waals surface area (Å²) in [6.07, 6.45) is 6.39. The van der Waals surface area contributed by atoms with Crippen LogP contribution in [0.2, 0.25) is 0 Å². The maximum absolute atomic E-state index is 6.93. The van der Waals surface area contributed by atoms with E-state index in [-0.39, 0.29) is 0 Å². The molecule has 9 aromatic carbocycles. The molecule has 0 fully saturated rings. The van der Waals surface area contributed by atoms with E-state index in [4.69, 9.17) is 4.42 Å². The Balaban J connectivity index is 1.02. The summed E-state index contributed by atoms with van der Waals surface area (Å²) in [7, 11) is 0. The molecule has 0 aliphatic heterocycles. The molecule has 61 heavy (non-hydrogen) atoms. The summed E-state index contributed by atoms with van der Waals surface area (Å²) < 4.78 is 9.37. The molecular weight excluding hydrogens is 741 g/mol. The minimum Gasteiger partial charge on any atom is -0.455 e. The first kappa shape index (κ1) is 35.1. The number of para-hydroxylation sites is 2. The molecule has 0 spiro atoms. The van der Waals surface area contributed by atoms with Crippen LogP contribution >= 0.6 is 0 Å². The van der Waals surface area contributed by atoms with Crippen molar-refractivity contribution in [1.29, 1.82) is 0 Å². The van der Waals surface area contributed by atoms with Crippen molar-refractivity contribution in [3.05, 3.63) is 230 Å². The second-order valence-corrected chi connectivity index (χ2v) is 16.0. The molecule has 3 heteroatoms. The van der Waals surface area contributed by atoms with Crippen LogP contribution in [0.5, 0.6) is 0 Å². The van der Waals surface area contributed by atoms with Crippen LogP contribution < -0.4 is 4.90 Å². The molecule has 0 atom stereocenters. The number of allylic oxidation sites excluding steroid dienone is 4. The van der Waals surface area contributed by atoms with Crippen molar-refractivity contribution in [3.63, 3.8) is 0 Å². The van der Waals surface area contributed by atoms with Gasteiger partial charge in [0.15, 0.2) is 0 Å². The quantitative estimate of drug-likeness (QED) is 0.161. The van der Waals surface area contributed by atoms with Crippen molar-refractivity contribution >= 4 is 71.5 Å². The fourth-order valence-corrected chi connectivity index (χ4v) is 9.54. The van der Waals surface area contributed by atoms with E-state index in [1.807, 2.05) is 0 Å². The van der Waals surface area contributed by atoms with Gasteiger partial charge in [0.25, 0.3) is 0 Å². The van der Waals surface area contributed by atoms with Crippen molar-refractivity contribution in [2.45, 2.75) is 12.8 Å². The highest BCUT2D eigenvalue weighted by molar-refractivity contribution is 6.26. The van der Waals surface area contributed by atoms with E-state index in [9.17, 15) is 0 Å². The van der Waals surface area contributed by atoms with Gasteiger partial charge in [-0.2, -0.15) is 0 Å². The lowest BCUT2D eigenvalue weighted by Gasteiger charge is -2.30. The molecule has 0 N–H and O–H groups in total. The maximum Gasteiger partial charge on any atom is 0.145 e. The van der Waals surface area contributed by atoms with E-state index in [0.717, 1.165) is 57.4 Å². The van der Waals surface area contributed by atoms with Crippen LogP contribution in [0, 0.1) is 0 Å². The summed E-state index contributed by atoms with van der Waals surface area (Å²) >= 11 is 0. The summed E-state index contributed by atoms with van der Waals surface area (Å²) in [5.41, 5.74) is 16.1. The second-order valence-electron chi connectivity index (χ2n) is 16.0. The minimum atomic E-state index is 0.866. The van der Waals surface area contributed by atoms with Gasteiger partial charge in [-0.25, -0.2) is 0 Å². The number of hydrogen-bond acceptors (Lipinski definition) is 2. The van der Waals surface area contributed by atoms with Crippen LogP contribution in [0.25, 0.3) is 88.0 Å². The third-order valence-corrected chi connectivity index (χ3v) is 12.5. The van der Waals surface area contributed by atoms with Crippen molar-refractivity contribution < 1.29 is 4.42 Å². The van der Waals surface area contributed by atoms with Crippen molar-refractivity contribution in [2.24, 2.45) is 0 Å². The highest BCUT2D eigenvalue weighted by Gasteiger charge is 2.25. The van der Waals surface area contributed by atoms with Gasteiger partial charge in [0.05, 0.1) is 16.4 Å². The van der Waals surface area contributed by atoms with Crippen molar-refractivity contribution in [2.75, 3.05) is 4.90 Å². The molecule has 0 radical (unpaired) electrons. The highest BCUT2D eigenvalue weighted by Crippen LogP contribution is 2.46. The monoisotopic (exact) mass is 780 g/mol. The smallest absolute Gasteiger partial charge is 0.145 e. The lowest BCUT2D eigenvalue weighted by Crippen LogP contribution is -2.17. The third-order valence-electron chi connectivity index (χ3n) is 12.5. The molecule has 12 rings (SSSR count). The molecule has 288 valence electrons. The number of aromatic nitrogens is 1. The SMILES string of the molecule is C1=C(c2cc3c4ccccc4n(-c4ccc5ccccc5c4)c3c3c2oc2ccccc23)CCC(N(c2ccc(-c3ccccc3)cc2)c2ccc(-c3ccccc3)cc2)=C1. The van der Waals surface area contributed by atoms with Crippen molar-refractivity contribution in [3.8, 4) is 27.9 Å². The van der Waals surface area contributed by atoms with Gasteiger partial charge < -0.3 is 13.9 Å². The summed E-state index contributed by atoms with van der Waals surface area (Å²) in [5, 5.41) is 7.20. The fraction of sp³-hybridized carbons (Fsp3) is 0.0345. The molecule has 11 aromatic rings. The van der Waals surface area contributed by atoms with E-state index >= 15 is 0 Å². The Hall–Kier alpha value is -7.88. The molecule has 2 aromatic heterocycles. The molecular formula is C58H40N2O. The number of rotatable bonds is 7. The Labute approximate surface area is 354 Å². The first-order valence-corrected chi connectivity index (χ1v) is 21.1. The van der Waals surface area contributed by atoms with Crippen LogP contribution in [-0.2, 0) is 0 Å². The molecule has 1 aliphatic rings. The molecule has 0 amide bonds. The van der Waals surface area contributed by atoms with Crippen molar-refractivity contribution in [1.82, 2.24) is 4.57 Å². The Bertz CT molecular complexity index is 3410. The van der Waals surface area contributed by atoms with Gasteiger partial charge in [0.1, 0.15) is 11.2 Å². The molecule has 3 nitrogen and oxygen atoms in total. The Morgan fingerprint density at radius 3 is 1.70 bits per heavy atom. The summed E-state index contributed by atoms with van der Waals surface area (Å²) in [6.45, 7) is 0. The highest BCUT2D eigenvalue weighted by atomic mass is 16.3. The number of fused-ring (bicyclic) bond motifs is 8. The average molecular weight is 781 g/mol. The average Bonchev–Trinajstić information content (AvgIpc) is 3.89. The minimum absolute atomic E-state index is 0.866. The molecule has 2 heterocycles. The van der Waals surface area contributed by atoms with Gasteiger partial charge in [-0.3, -0.25) is 0 Å². The molecule has 0 bridgehead atoms. The molecule has 1 aliphatic carbocycles. The lowest BCUT2D eigenvalue weighted by atomic mass is 9.92. The van der Waals surface area contributed by atoms with Crippen LogP contribution in [0.3, 0.4) is 0 Å². The zero-order chi connectivity index (χ0) is 40.3.